The molecule has 0 aliphatic rings. The molecule has 30 valence electrons. The minimum atomic E-state index is -0.104. The average Bonchev–Trinajstić information content (AvgIpc) is 1.41. The Bertz CT molecular complexity index is 28.7. The molecule has 0 rings (SSSR count). The van der Waals surface area contributed by atoms with Gasteiger partial charge in [0.05, 0.1) is 0 Å². The van der Waals surface area contributed by atoms with E-state index >= 15 is 0 Å². The first-order valence-electron chi connectivity index (χ1n) is 0.805. The SMILES string of the molecule is O=COO[O-].[K+]. The van der Waals surface area contributed by atoms with Gasteiger partial charge in [-0.25, -0.2) is 5.04 Å². The number of hydrogen-bond acceptors (Lipinski definition) is 4. The molecule has 4 nitrogen and oxygen atoms in total. The van der Waals surface area contributed by atoms with Crippen molar-refractivity contribution in [2.45, 2.75) is 0 Å². The maximum absolute atomic E-state index is 8.86. The van der Waals surface area contributed by atoms with E-state index in [1.54, 1.807) is 0 Å². The van der Waals surface area contributed by atoms with Crippen molar-refractivity contribution in [3.05, 3.63) is 0 Å². The normalized spacial score (nSPS) is 5.50. The third-order valence-electron chi connectivity index (χ3n) is 0.0786. The van der Waals surface area contributed by atoms with Gasteiger partial charge in [-0.15, -0.1) is 0 Å². The first-order valence-corrected chi connectivity index (χ1v) is 0.805. The van der Waals surface area contributed by atoms with Crippen molar-refractivity contribution in [3.8, 4) is 0 Å². The molecule has 0 radical (unpaired) electrons. The molecule has 0 N–H and O–H groups in total. The predicted molar refractivity (Wildman–Crippen MR) is 8.23 cm³/mol. The van der Waals surface area contributed by atoms with Crippen LogP contribution in [0.15, 0.2) is 0 Å². The van der Waals surface area contributed by atoms with E-state index in [0.717, 1.165) is 0 Å². The van der Waals surface area contributed by atoms with E-state index in [9.17, 15) is 0 Å². The molecule has 6 heavy (non-hydrogen) atoms. The van der Waals surface area contributed by atoms with Crippen LogP contribution in [0.4, 0.5) is 0 Å². The van der Waals surface area contributed by atoms with Crippen LogP contribution in [0.1, 0.15) is 0 Å². The van der Waals surface area contributed by atoms with E-state index < -0.39 is 0 Å². The van der Waals surface area contributed by atoms with Gasteiger partial charge in [-0.2, -0.15) is 0 Å². The number of hydrogen-bond donors (Lipinski definition) is 0. The molecule has 0 aromatic heterocycles. The van der Waals surface area contributed by atoms with Gasteiger partial charge in [0.1, 0.15) is 0 Å². The molecular formula is CHKO4. The Morgan fingerprint density at radius 3 is 2.17 bits per heavy atom. The van der Waals surface area contributed by atoms with E-state index in [2.05, 4.69) is 9.93 Å². The van der Waals surface area contributed by atoms with Crippen molar-refractivity contribution in [1.29, 1.82) is 0 Å². The second-order valence-electron chi connectivity index (χ2n) is 0.260. The van der Waals surface area contributed by atoms with Gasteiger partial charge in [0.25, 0.3) is 0 Å². The molecule has 0 unspecified atom stereocenters. The number of carbonyl (C=O) groups excluding carboxylic acids is 1. The summed E-state index contributed by atoms with van der Waals surface area (Å²) in [7, 11) is 0. The van der Waals surface area contributed by atoms with Gasteiger partial charge in [-0.3, -0.25) is 4.79 Å². The summed E-state index contributed by atoms with van der Waals surface area (Å²) >= 11 is 0. The maximum atomic E-state index is 8.86. The van der Waals surface area contributed by atoms with Crippen LogP contribution in [-0.2, 0) is 14.7 Å². The van der Waals surface area contributed by atoms with E-state index in [0.29, 0.717) is 0 Å². The zero-order chi connectivity index (χ0) is 4.12. The van der Waals surface area contributed by atoms with Crippen molar-refractivity contribution in [1.82, 2.24) is 0 Å². The molecule has 0 bridgehead atoms. The van der Waals surface area contributed by atoms with Gasteiger partial charge in [-0.1, -0.05) is 0 Å². The van der Waals surface area contributed by atoms with E-state index in [-0.39, 0.29) is 57.9 Å². The topological polar surface area (TPSA) is 58.6 Å². The van der Waals surface area contributed by atoms with Crippen LogP contribution >= 0.6 is 0 Å². The smallest absolute Gasteiger partial charge is 0.681 e. The van der Waals surface area contributed by atoms with Crippen LogP contribution in [0.25, 0.3) is 0 Å². The summed E-state index contributed by atoms with van der Waals surface area (Å²) in [6.45, 7) is -0.104. The molecule has 0 spiro atoms. The Labute approximate surface area is 76.7 Å². The summed E-state index contributed by atoms with van der Waals surface area (Å²) in [5.41, 5.74) is 0. The Hall–Kier alpha value is 1.03. The molecule has 0 saturated heterocycles. The fourth-order valence-electron chi connectivity index (χ4n) is 0.0160. The molecule has 0 fully saturated rings. The summed E-state index contributed by atoms with van der Waals surface area (Å²) in [5.74, 6) is 0. The number of carbonyl (C=O) groups is 1. The fourth-order valence-corrected chi connectivity index (χ4v) is 0.0160. The third-order valence-corrected chi connectivity index (χ3v) is 0.0786. The summed E-state index contributed by atoms with van der Waals surface area (Å²) in [6, 6.07) is 0. The largest absolute Gasteiger partial charge is 1.00 e. The van der Waals surface area contributed by atoms with Gasteiger partial charge in [0.15, 0.2) is 0 Å². The molecular weight excluding hydrogens is 115 g/mol. The molecule has 0 saturated carbocycles. The Morgan fingerprint density at radius 2 is 2.17 bits per heavy atom. The molecule has 0 aliphatic carbocycles. The van der Waals surface area contributed by atoms with Crippen molar-refractivity contribution in [2.75, 3.05) is 0 Å². The van der Waals surface area contributed by atoms with Gasteiger partial charge < -0.3 is 10.1 Å². The molecule has 0 heterocycles. The standard InChI is InChI=1S/CH2O4.K/c2-1-4-5-3;/h1,3H;/q;+1/p-1. The maximum Gasteiger partial charge on any atom is 1.00 e. The summed E-state index contributed by atoms with van der Waals surface area (Å²) in [5, 5.41) is 11.1. The molecule has 0 aromatic rings. The fraction of sp³-hybridized carbons (Fsp3) is 0. The number of rotatable bonds is 2. The zero-order valence-corrected chi connectivity index (χ0v) is 6.33. The Morgan fingerprint density at radius 1 is 1.67 bits per heavy atom. The Kier molecular flexibility index (Phi) is 15.8. The van der Waals surface area contributed by atoms with Crippen LogP contribution < -0.4 is 56.6 Å². The van der Waals surface area contributed by atoms with Crippen LogP contribution in [0.5, 0.6) is 0 Å². The van der Waals surface area contributed by atoms with E-state index in [1.807, 2.05) is 0 Å². The molecule has 5 heteroatoms. The minimum absolute atomic E-state index is 0. The summed E-state index contributed by atoms with van der Waals surface area (Å²) in [6.07, 6.45) is 0. The molecule has 0 aliphatic heterocycles. The first-order chi connectivity index (χ1) is 2.41. The van der Waals surface area contributed by atoms with Crippen molar-refractivity contribution >= 4 is 6.47 Å². The van der Waals surface area contributed by atoms with Gasteiger partial charge in [-0.05, 0) is 0 Å². The predicted octanol–water partition coefficient (Wildman–Crippen LogP) is -4.63. The van der Waals surface area contributed by atoms with Crippen molar-refractivity contribution in [2.24, 2.45) is 0 Å². The van der Waals surface area contributed by atoms with Crippen LogP contribution in [0.3, 0.4) is 0 Å². The second-order valence-corrected chi connectivity index (χ2v) is 0.260. The zero-order valence-electron chi connectivity index (χ0n) is 3.21. The van der Waals surface area contributed by atoms with E-state index in [1.165, 1.54) is 0 Å². The first kappa shape index (κ1) is 10.1. The second kappa shape index (κ2) is 9.39. The summed E-state index contributed by atoms with van der Waals surface area (Å²) in [4.78, 5) is 12.0. The quantitative estimate of drug-likeness (QED) is 0.157. The summed E-state index contributed by atoms with van der Waals surface area (Å²) < 4.78 is 0. The Balaban J connectivity index is 0. The van der Waals surface area contributed by atoms with Gasteiger partial charge >= 0.3 is 57.9 Å². The monoisotopic (exact) mass is 116 g/mol. The minimum Gasteiger partial charge on any atom is -0.681 e. The van der Waals surface area contributed by atoms with E-state index in [4.69, 9.17) is 10.1 Å². The van der Waals surface area contributed by atoms with Gasteiger partial charge in [0, 0.05) is 0 Å². The van der Waals surface area contributed by atoms with Crippen LogP contribution in [0, 0.1) is 0 Å². The molecule has 0 aromatic carbocycles. The van der Waals surface area contributed by atoms with Crippen molar-refractivity contribution in [3.63, 3.8) is 0 Å². The van der Waals surface area contributed by atoms with Crippen LogP contribution in [0.2, 0.25) is 0 Å². The molecule has 0 atom stereocenters. The third kappa shape index (κ3) is 8.90. The van der Waals surface area contributed by atoms with Gasteiger partial charge in [0.2, 0.25) is 0 Å². The average molecular weight is 116 g/mol. The van der Waals surface area contributed by atoms with Crippen molar-refractivity contribution < 1.29 is 71.4 Å². The molecule has 0 amide bonds. The van der Waals surface area contributed by atoms with Crippen LogP contribution in [-0.4, -0.2) is 6.47 Å².